The van der Waals surface area contributed by atoms with E-state index in [1.807, 2.05) is 0 Å². The number of piperidine rings is 1. The van der Waals surface area contributed by atoms with Crippen molar-refractivity contribution in [1.29, 1.82) is 0 Å². The second-order valence-electron chi connectivity index (χ2n) is 8.59. The number of anilines is 1. The molecule has 4 rings (SSSR count). The molecule has 9 nitrogen and oxygen atoms in total. The van der Waals surface area contributed by atoms with Crippen molar-refractivity contribution in [1.82, 2.24) is 19.9 Å². The number of hydrogen-bond acceptors (Lipinski definition) is 7. The topological polar surface area (TPSA) is 120 Å². The Bertz CT molecular complexity index is 1320. The highest BCUT2D eigenvalue weighted by Crippen LogP contribution is 2.40. The van der Waals surface area contributed by atoms with E-state index in [2.05, 4.69) is 20.3 Å². The van der Waals surface area contributed by atoms with Gasteiger partial charge in [0.05, 0.1) is 31.0 Å². The number of amides is 1. The number of pyridine rings is 1. The van der Waals surface area contributed by atoms with E-state index in [-0.39, 0.29) is 35.9 Å². The number of ether oxygens (including phenoxy) is 1. The van der Waals surface area contributed by atoms with Gasteiger partial charge in [-0.25, -0.2) is 27.5 Å². The summed E-state index contributed by atoms with van der Waals surface area (Å²) < 4.78 is 61.9. The first-order valence-corrected chi connectivity index (χ1v) is 11.3. The third kappa shape index (κ3) is 5.94. The zero-order valence-electron chi connectivity index (χ0n) is 19.6. The molecule has 1 aromatic carbocycles. The van der Waals surface area contributed by atoms with Gasteiger partial charge in [0.25, 0.3) is 5.92 Å². The molecule has 1 fully saturated rings. The van der Waals surface area contributed by atoms with Crippen LogP contribution in [0.1, 0.15) is 30.4 Å². The van der Waals surface area contributed by atoms with Crippen molar-refractivity contribution in [2.75, 3.05) is 18.4 Å². The number of alkyl halides is 2. The molecule has 13 heteroatoms. The maximum atomic E-state index is 14.6. The number of nitrogens with zero attached hydrogens (tertiary/aromatic N) is 3. The second kappa shape index (κ2) is 10.6. The van der Waals surface area contributed by atoms with E-state index in [9.17, 15) is 32.3 Å². The van der Waals surface area contributed by atoms with Gasteiger partial charge in [0.2, 0.25) is 17.3 Å². The van der Waals surface area contributed by atoms with Crippen molar-refractivity contribution >= 4 is 11.7 Å². The Kier molecular flexibility index (Phi) is 7.55. The number of H-pyrrole nitrogens is 1. The summed E-state index contributed by atoms with van der Waals surface area (Å²) in [5.74, 6) is -7.20. The van der Waals surface area contributed by atoms with Crippen molar-refractivity contribution < 1.29 is 32.2 Å². The number of carbonyl (C=O) groups excluding carboxylic acids is 1. The molecule has 3 N–H and O–H groups in total. The van der Waals surface area contributed by atoms with Gasteiger partial charge in [-0.05, 0) is 18.6 Å². The fourth-order valence-corrected chi connectivity index (χ4v) is 4.05. The summed E-state index contributed by atoms with van der Waals surface area (Å²) in [4.78, 5) is 36.0. The zero-order valence-corrected chi connectivity index (χ0v) is 19.6. The van der Waals surface area contributed by atoms with Crippen LogP contribution >= 0.6 is 0 Å². The number of benzene rings is 1. The number of likely N-dealkylation sites (tertiary alicyclic amines) is 1. The Balaban J connectivity index is 1.41. The van der Waals surface area contributed by atoms with Crippen LogP contribution < -0.4 is 15.6 Å². The maximum absolute atomic E-state index is 14.6. The largest absolute Gasteiger partial charge is 0.434 e. The molecule has 37 heavy (non-hydrogen) atoms. The van der Waals surface area contributed by atoms with Crippen LogP contribution in [0.3, 0.4) is 0 Å². The van der Waals surface area contributed by atoms with E-state index in [0.717, 1.165) is 18.5 Å². The lowest BCUT2D eigenvalue weighted by molar-refractivity contribution is -0.125. The van der Waals surface area contributed by atoms with Gasteiger partial charge in [-0.3, -0.25) is 14.5 Å². The van der Waals surface area contributed by atoms with Crippen LogP contribution in [0.2, 0.25) is 0 Å². The molecule has 0 unspecified atom stereocenters. The van der Waals surface area contributed by atoms with Crippen molar-refractivity contribution in [3.05, 3.63) is 76.0 Å². The first kappa shape index (κ1) is 26.2. The fourth-order valence-electron chi connectivity index (χ4n) is 4.05. The van der Waals surface area contributed by atoms with E-state index in [1.165, 1.54) is 18.3 Å². The summed E-state index contributed by atoms with van der Waals surface area (Å²) >= 11 is 0. The summed E-state index contributed by atoms with van der Waals surface area (Å²) in [7, 11) is 0. The first-order chi connectivity index (χ1) is 17.6. The lowest BCUT2D eigenvalue weighted by Gasteiger charge is -2.40. The van der Waals surface area contributed by atoms with E-state index in [4.69, 9.17) is 4.74 Å². The lowest BCUT2D eigenvalue weighted by atomic mass is 9.87. The predicted octanol–water partition coefficient (Wildman–Crippen LogP) is 3.18. The van der Waals surface area contributed by atoms with Crippen LogP contribution in [0, 0.1) is 11.6 Å². The van der Waals surface area contributed by atoms with Gasteiger partial charge < -0.3 is 20.1 Å². The fraction of sp³-hybridized carbons (Fsp3) is 0.333. The molecule has 1 aliphatic rings. The minimum Gasteiger partial charge on any atom is -0.434 e. The Hall–Kier alpha value is -3.84. The molecule has 0 bridgehead atoms. The average Bonchev–Trinajstić information content (AvgIpc) is 2.86. The normalized spacial score (nSPS) is 18.3. The molecule has 3 aromatic rings. The van der Waals surface area contributed by atoms with E-state index < -0.39 is 59.8 Å². The molecule has 0 aliphatic carbocycles. The van der Waals surface area contributed by atoms with Crippen LogP contribution in [0.4, 0.5) is 23.4 Å². The molecule has 1 saturated heterocycles. The molecule has 0 radical (unpaired) electrons. The van der Waals surface area contributed by atoms with Crippen molar-refractivity contribution in [3.8, 4) is 11.6 Å². The molecule has 2 atom stereocenters. The van der Waals surface area contributed by atoms with Crippen molar-refractivity contribution in [2.24, 2.45) is 0 Å². The third-order valence-electron chi connectivity index (χ3n) is 6.14. The number of aliphatic hydroxyl groups is 1. The Morgan fingerprint density at radius 3 is 2.73 bits per heavy atom. The summed E-state index contributed by atoms with van der Waals surface area (Å²) in [5.41, 5.74) is -0.260. The summed E-state index contributed by atoms with van der Waals surface area (Å²) in [6.45, 7) is 0.773. The number of aliphatic hydroxyl groups excluding tert-OH is 1. The SMILES string of the molecule is C[C@@H](C(=O)Nc1cnc(Oc2c(F)cc(F)cc2CO)cn1)N1CCC(F)(F)[C@@H](c2ccc(=O)[nH]c2)C1. The molecule has 2 aromatic heterocycles. The molecule has 0 spiro atoms. The van der Waals surface area contributed by atoms with Crippen LogP contribution in [0.25, 0.3) is 0 Å². The standard InChI is InChI=1S/C24H23F4N5O4/c1-13(33-5-4-24(27,28)17(11-33)14-2-3-20(35)30-8-14)23(36)32-19-9-31-21(10-29-19)37-22-15(12-34)6-16(25)7-18(22)26/h2-3,6-10,13,17,34H,4-5,11-12H2,1H3,(H,30,35)(H,29,32,36)/t13-,17+/m0/s1. The molecule has 1 amide bonds. The number of rotatable bonds is 7. The summed E-state index contributed by atoms with van der Waals surface area (Å²) in [6, 6.07) is 3.25. The Morgan fingerprint density at radius 1 is 1.30 bits per heavy atom. The number of carbonyl (C=O) groups is 1. The molecule has 1 aliphatic heterocycles. The lowest BCUT2D eigenvalue weighted by Crippen LogP contribution is -2.52. The zero-order chi connectivity index (χ0) is 26.7. The van der Waals surface area contributed by atoms with E-state index in [0.29, 0.717) is 6.07 Å². The molecule has 0 saturated carbocycles. The third-order valence-corrected chi connectivity index (χ3v) is 6.14. The van der Waals surface area contributed by atoms with Gasteiger partial charge >= 0.3 is 0 Å². The average molecular weight is 521 g/mol. The van der Waals surface area contributed by atoms with Gasteiger partial charge in [-0.15, -0.1) is 0 Å². The van der Waals surface area contributed by atoms with Crippen molar-refractivity contribution in [3.63, 3.8) is 0 Å². The van der Waals surface area contributed by atoms with Crippen LogP contribution in [-0.4, -0.2) is 55.9 Å². The van der Waals surface area contributed by atoms with Gasteiger partial charge in [0, 0.05) is 43.4 Å². The Labute approximate surface area is 208 Å². The van der Waals surface area contributed by atoms with Crippen LogP contribution in [0.5, 0.6) is 11.6 Å². The number of hydrogen-bond donors (Lipinski definition) is 3. The molecule has 3 heterocycles. The number of halogens is 4. The summed E-state index contributed by atoms with van der Waals surface area (Å²) in [6.07, 6.45) is 3.04. The molecular formula is C24H23F4N5O4. The highest BCUT2D eigenvalue weighted by atomic mass is 19.3. The van der Waals surface area contributed by atoms with Gasteiger partial charge in [-0.2, -0.15) is 0 Å². The minimum atomic E-state index is -3.01. The highest BCUT2D eigenvalue weighted by molar-refractivity contribution is 5.93. The predicted molar refractivity (Wildman–Crippen MR) is 123 cm³/mol. The van der Waals surface area contributed by atoms with Crippen LogP contribution in [0.15, 0.2) is 47.7 Å². The van der Waals surface area contributed by atoms with Gasteiger partial charge in [-0.1, -0.05) is 6.07 Å². The van der Waals surface area contributed by atoms with Crippen LogP contribution in [-0.2, 0) is 11.4 Å². The quantitative estimate of drug-likeness (QED) is 0.409. The van der Waals surface area contributed by atoms with E-state index in [1.54, 1.807) is 11.8 Å². The number of nitrogens with one attached hydrogen (secondary N) is 2. The number of aromatic nitrogens is 3. The first-order valence-electron chi connectivity index (χ1n) is 11.3. The maximum Gasteiger partial charge on any atom is 0.257 e. The smallest absolute Gasteiger partial charge is 0.257 e. The van der Waals surface area contributed by atoms with E-state index >= 15 is 0 Å². The molecular weight excluding hydrogens is 498 g/mol. The molecule has 196 valence electrons. The minimum absolute atomic E-state index is 0.0175. The Morgan fingerprint density at radius 2 is 2.08 bits per heavy atom. The monoisotopic (exact) mass is 521 g/mol. The highest BCUT2D eigenvalue weighted by Gasteiger charge is 2.46. The summed E-state index contributed by atoms with van der Waals surface area (Å²) in [5, 5.41) is 11.9. The number of aromatic amines is 1. The second-order valence-corrected chi connectivity index (χ2v) is 8.59. The van der Waals surface area contributed by atoms with Gasteiger partial charge in [0.1, 0.15) is 5.82 Å². The van der Waals surface area contributed by atoms with Crippen molar-refractivity contribution in [2.45, 2.75) is 37.8 Å². The van der Waals surface area contributed by atoms with Gasteiger partial charge in [0.15, 0.2) is 17.4 Å².